The molecule has 0 aliphatic heterocycles. The number of carbonyl (C=O) groups excluding carboxylic acids is 1. The SMILES string of the molecule is CN(Cc1cnn(C)c1)C(=O)c1cc(Cl)ccc1N. The molecule has 2 N–H and O–H groups in total. The Balaban J connectivity index is 2.16. The molecule has 1 heterocycles. The van der Waals surface area contributed by atoms with Gasteiger partial charge in [-0.05, 0) is 18.2 Å². The lowest BCUT2D eigenvalue weighted by atomic mass is 10.1. The molecule has 0 saturated carbocycles. The van der Waals surface area contributed by atoms with Gasteiger partial charge in [-0.2, -0.15) is 5.10 Å². The van der Waals surface area contributed by atoms with Crippen LogP contribution in [0.2, 0.25) is 5.02 Å². The summed E-state index contributed by atoms with van der Waals surface area (Å²) in [5.41, 5.74) is 7.60. The molecule has 0 spiro atoms. The molecule has 0 saturated heterocycles. The van der Waals surface area contributed by atoms with E-state index in [0.717, 1.165) is 5.56 Å². The third kappa shape index (κ3) is 3.06. The quantitative estimate of drug-likeness (QED) is 0.873. The summed E-state index contributed by atoms with van der Waals surface area (Å²) < 4.78 is 1.70. The lowest BCUT2D eigenvalue weighted by Gasteiger charge is -2.17. The molecule has 19 heavy (non-hydrogen) atoms. The molecule has 0 atom stereocenters. The van der Waals surface area contributed by atoms with Crippen LogP contribution in [-0.4, -0.2) is 27.6 Å². The van der Waals surface area contributed by atoms with Gasteiger partial charge in [0.15, 0.2) is 0 Å². The van der Waals surface area contributed by atoms with E-state index in [0.29, 0.717) is 22.8 Å². The number of halogens is 1. The van der Waals surface area contributed by atoms with Crippen molar-refractivity contribution in [2.24, 2.45) is 7.05 Å². The Morgan fingerprint density at radius 1 is 1.53 bits per heavy atom. The Kier molecular flexibility index (Phi) is 3.76. The molecule has 0 fully saturated rings. The maximum Gasteiger partial charge on any atom is 0.256 e. The summed E-state index contributed by atoms with van der Waals surface area (Å²) >= 11 is 5.89. The van der Waals surface area contributed by atoms with Crippen LogP contribution in [0.4, 0.5) is 5.69 Å². The Hall–Kier alpha value is -2.01. The van der Waals surface area contributed by atoms with Crippen molar-refractivity contribution >= 4 is 23.2 Å². The van der Waals surface area contributed by atoms with E-state index >= 15 is 0 Å². The Morgan fingerprint density at radius 3 is 2.89 bits per heavy atom. The van der Waals surface area contributed by atoms with E-state index in [-0.39, 0.29) is 5.91 Å². The van der Waals surface area contributed by atoms with Crippen LogP contribution in [0.1, 0.15) is 15.9 Å². The highest BCUT2D eigenvalue weighted by molar-refractivity contribution is 6.31. The van der Waals surface area contributed by atoms with Crippen molar-refractivity contribution in [1.82, 2.24) is 14.7 Å². The molecule has 1 aromatic heterocycles. The smallest absolute Gasteiger partial charge is 0.256 e. The van der Waals surface area contributed by atoms with Crippen molar-refractivity contribution in [1.29, 1.82) is 0 Å². The van der Waals surface area contributed by atoms with Crippen LogP contribution < -0.4 is 5.73 Å². The molecule has 6 heteroatoms. The summed E-state index contributed by atoms with van der Waals surface area (Å²) in [7, 11) is 3.55. The molecule has 0 radical (unpaired) electrons. The lowest BCUT2D eigenvalue weighted by Crippen LogP contribution is -2.26. The number of aromatic nitrogens is 2. The number of rotatable bonds is 3. The van der Waals surface area contributed by atoms with E-state index in [9.17, 15) is 4.79 Å². The van der Waals surface area contributed by atoms with Crippen molar-refractivity contribution in [2.75, 3.05) is 12.8 Å². The van der Waals surface area contributed by atoms with Gasteiger partial charge in [0, 0.05) is 43.1 Å². The number of hydrogen-bond acceptors (Lipinski definition) is 3. The fraction of sp³-hybridized carbons (Fsp3) is 0.231. The van der Waals surface area contributed by atoms with E-state index in [2.05, 4.69) is 5.10 Å². The van der Waals surface area contributed by atoms with E-state index in [4.69, 9.17) is 17.3 Å². The van der Waals surface area contributed by atoms with Crippen molar-refractivity contribution < 1.29 is 4.79 Å². The van der Waals surface area contributed by atoms with Crippen molar-refractivity contribution in [3.05, 3.63) is 46.7 Å². The monoisotopic (exact) mass is 278 g/mol. The zero-order valence-electron chi connectivity index (χ0n) is 10.8. The Morgan fingerprint density at radius 2 is 2.26 bits per heavy atom. The molecule has 0 bridgehead atoms. The molecule has 1 aromatic carbocycles. The molecular formula is C13H15ClN4O. The van der Waals surface area contributed by atoms with Crippen LogP contribution >= 0.6 is 11.6 Å². The van der Waals surface area contributed by atoms with E-state index in [1.54, 1.807) is 41.0 Å². The van der Waals surface area contributed by atoms with Gasteiger partial charge in [0.05, 0.1) is 11.8 Å². The second kappa shape index (κ2) is 5.32. The predicted octanol–water partition coefficient (Wildman–Crippen LogP) is 1.93. The zero-order valence-corrected chi connectivity index (χ0v) is 11.6. The van der Waals surface area contributed by atoms with Gasteiger partial charge in [-0.1, -0.05) is 11.6 Å². The summed E-state index contributed by atoms with van der Waals surface area (Å²) in [6.45, 7) is 0.471. The first kappa shape index (κ1) is 13.4. The van der Waals surface area contributed by atoms with Crippen LogP contribution in [0, 0.1) is 0 Å². The van der Waals surface area contributed by atoms with Gasteiger partial charge in [-0.15, -0.1) is 0 Å². The third-order valence-corrected chi connectivity index (χ3v) is 3.01. The molecule has 100 valence electrons. The first-order chi connectivity index (χ1) is 8.97. The number of anilines is 1. The maximum atomic E-state index is 12.3. The highest BCUT2D eigenvalue weighted by atomic mass is 35.5. The van der Waals surface area contributed by atoms with E-state index < -0.39 is 0 Å². The lowest BCUT2D eigenvalue weighted by molar-refractivity contribution is 0.0786. The van der Waals surface area contributed by atoms with E-state index in [1.165, 1.54) is 0 Å². The number of nitrogens with zero attached hydrogens (tertiary/aromatic N) is 3. The van der Waals surface area contributed by atoms with Gasteiger partial charge in [0.1, 0.15) is 0 Å². The average Bonchev–Trinajstić information content (AvgIpc) is 2.77. The molecule has 2 aromatic rings. The zero-order chi connectivity index (χ0) is 14.0. The summed E-state index contributed by atoms with van der Waals surface area (Å²) in [6.07, 6.45) is 3.59. The minimum Gasteiger partial charge on any atom is -0.398 e. The first-order valence-electron chi connectivity index (χ1n) is 5.75. The number of benzene rings is 1. The minimum absolute atomic E-state index is 0.163. The Bertz CT molecular complexity index is 608. The highest BCUT2D eigenvalue weighted by Crippen LogP contribution is 2.19. The number of amides is 1. The number of carbonyl (C=O) groups is 1. The average molecular weight is 279 g/mol. The number of aryl methyl sites for hydroxylation is 1. The van der Waals surface area contributed by atoms with Crippen LogP contribution in [0.25, 0.3) is 0 Å². The molecule has 0 unspecified atom stereocenters. The van der Waals surface area contributed by atoms with Gasteiger partial charge < -0.3 is 10.6 Å². The topological polar surface area (TPSA) is 64.2 Å². The van der Waals surface area contributed by atoms with Crippen LogP contribution in [-0.2, 0) is 13.6 Å². The molecule has 1 amide bonds. The minimum atomic E-state index is -0.163. The summed E-state index contributed by atoms with van der Waals surface area (Å²) in [5, 5.41) is 4.56. The van der Waals surface area contributed by atoms with Gasteiger partial charge in [0.25, 0.3) is 5.91 Å². The second-order valence-corrected chi connectivity index (χ2v) is 4.85. The molecule has 0 aliphatic carbocycles. The summed E-state index contributed by atoms with van der Waals surface area (Å²) in [4.78, 5) is 13.9. The first-order valence-corrected chi connectivity index (χ1v) is 6.13. The Labute approximate surface area is 116 Å². The summed E-state index contributed by atoms with van der Waals surface area (Å²) in [6, 6.07) is 4.88. The number of hydrogen-bond donors (Lipinski definition) is 1. The maximum absolute atomic E-state index is 12.3. The fourth-order valence-corrected chi connectivity index (χ4v) is 1.99. The standard InChI is InChI=1S/C13H15ClN4O/c1-17(7-9-6-16-18(2)8-9)13(19)11-5-10(14)3-4-12(11)15/h3-6,8H,7,15H2,1-2H3. The van der Waals surface area contributed by atoms with E-state index in [1.807, 2.05) is 13.2 Å². The molecular weight excluding hydrogens is 264 g/mol. The highest BCUT2D eigenvalue weighted by Gasteiger charge is 2.15. The van der Waals surface area contributed by atoms with Crippen LogP contribution in [0.3, 0.4) is 0 Å². The molecule has 0 aliphatic rings. The number of nitrogen functional groups attached to an aromatic ring is 1. The third-order valence-electron chi connectivity index (χ3n) is 2.77. The van der Waals surface area contributed by atoms with Crippen LogP contribution in [0.15, 0.2) is 30.6 Å². The van der Waals surface area contributed by atoms with Gasteiger partial charge in [-0.25, -0.2) is 0 Å². The van der Waals surface area contributed by atoms with Gasteiger partial charge in [0.2, 0.25) is 0 Å². The molecule has 5 nitrogen and oxygen atoms in total. The normalized spacial score (nSPS) is 10.5. The van der Waals surface area contributed by atoms with Gasteiger partial charge >= 0.3 is 0 Å². The fourth-order valence-electron chi connectivity index (χ4n) is 1.82. The predicted molar refractivity (Wildman–Crippen MR) is 74.9 cm³/mol. The van der Waals surface area contributed by atoms with Crippen molar-refractivity contribution in [2.45, 2.75) is 6.54 Å². The summed E-state index contributed by atoms with van der Waals surface area (Å²) in [5.74, 6) is -0.163. The van der Waals surface area contributed by atoms with Crippen molar-refractivity contribution in [3.8, 4) is 0 Å². The van der Waals surface area contributed by atoms with Crippen LogP contribution in [0.5, 0.6) is 0 Å². The second-order valence-electron chi connectivity index (χ2n) is 4.42. The van der Waals surface area contributed by atoms with Crippen molar-refractivity contribution in [3.63, 3.8) is 0 Å². The van der Waals surface area contributed by atoms with Gasteiger partial charge in [-0.3, -0.25) is 9.48 Å². The largest absolute Gasteiger partial charge is 0.398 e. The number of nitrogens with two attached hydrogens (primary N) is 1. The molecule has 2 rings (SSSR count).